The summed E-state index contributed by atoms with van der Waals surface area (Å²) in [5.41, 5.74) is 2.81. The first-order valence-electron chi connectivity index (χ1n) is 12.9. The van der Waals surface area contributed by atoms with Gasteiger partial charge in [-0.2, -0.15) is 0 Å². The zero-order chi connectivity index (χ0) is 28.7. The zero-order valence-corrected chi connectivity index (χ0v) is 22.7. The fourth-order valence-electron chi connectivity index (χ4n) is 4.66. The first-order valence-corrected chi connectivity index (χ1v) is 13.9. The van der Waals surface area contributed by atoms with E-state index in [4.69, 9.17) is 0 Å². The molecule has 0 radical (unpaired) electrons. The van der Waals surface area contributed by atoms with Gasteiger partial charge in [-0.05, 0) is 54.5 Å². The lowest BCUT2D eigenvalue weighted by atomic mass is 9.92. The summed E-state index contributed by atoms with van der Waals surface area (Å²) in [7, 11) is 0. The number of aliphatic hydroxyl groups is 7. The maximum atomic E-state index is 12.2. The second-order valence-corrected chi connectivity index (χ2v) is 11.6. The molecule has 5 atom stereocenters. The number of nitrogens with one attached hydrogen (secondary N) is 1. The van der Waals surface area contributed by atoms with Gasteiger partial charge in [-0.15, -0.1) is 11.8 Å². The Bertz CT molecular complexity index is 1080. The molecular weight excluding hydrogens is 526 g/mol. The number of aliphatic hydroxyl groups excluding tert-OH is 7. The third-order valence-corrected chi connectivity index (χ3v) is 8.89. The molecule has 9 N–H and O–H groups in total. The van der Waals surface area contributed by atoms with Crippen molar-refractivity contribution in [1.82, 2.24) is 5.32 Å². The van der Waals surface area contributed by atoms with E-state index in [1.54, 1.807) is 12.1 Å². The van der Waals surface area contributed by atoms with E-state index in [2.05, 4.69) is 5.32 Å². The molecule has 1 aliphatic rings. The molecule has 1 saturated heterocycles. The van der Waals surface area contributed by atoms with Crippen molar-refractivity contribution in [3.63, 3.8) is 0 Å². The molecule has 11 heteroatoms. The fraction of sp³-hybridized carbons (Fsp3) is 0.536. The van der Waals surface area contributed by atoms with Gasteiger partial charge in [0.2, 0.25) is 5.91 Å². The van der Waals surface area contributed by atoms with E-state index in [0.29, 0.717) is 24.8 Å². The second-order valence-electron chi connectivity index (χ2n) is 10.2. The van der Waals surface area contributed by atoms with Gasteiger partial charge in [0.05, 0.1) is 49.1 Å². The molecule has 3 rings (SSSR count). The first kappa shape index (κ1) is 31.3. The third kappa shape index (κ3) is 7.50. The highest BCUT2D eigenvalue weighted by molar-refractivity contribution is 8.00. The van der Waals surface area contributed by atoms with Crippen LogP contribution in [0.2, 0.25) is 0 Å². The minimum absolute atomic E-state index is 0.0262. The van der Waals surface area contributed by atoms with Gasteiger partial charge in [0, 0.05) is 12.0 Å². The second kappa shape index (κ2) is 13.9. The Kier molecular flexibility index (Phi) is 11.2. The van der Waals surface area contributed by atoms with Crippen LogP contribution in [0, 0.1) is 6.92 Å². The molecule has 0 spiro atoms. The summed E-state index contributed by atoms with van der Waals surface area (Å²) in [6.07, 6.45) is -2.14. The smallest absolute Gasteiger partial charge is 0.220 e. The standard InChI is InChI=1S/C28H39NO9S/c1-16-9-21(34)20(27-26(38)25(37)24(36)22(12-30)39-27)11-19(16)10-18-7-5-17(6-8-18)3-2-4-23(35)29-28(13-31,14-32)15-33/h5-9,11,22,24-27,30-34,36-38H,2-4,10,12-15H2,1H3,(H,29,35)/t22-,24-,25+,26-,27+/m1/s1. The van der Waals surface area contributed by atoms with E-state index >= 15 is 0 Å². The molecule has 2 aromatic carbocycles. The average molecular weight is 566 g/mol. The zero-order valence-electron chi connectivity index (χ0n) is 21.9. The van der Waals surface area contributed by atoms with Crippen LogP contribution in [-0.2, 0) is 17.6 Å². The van der Waals surface area contributed by atoms with Crippen molar-refractivity contribution in [3.05, 3.63) is 64.2 Å². The Labute approximate surface area is 232 Å². The summed E-state index contributed by atoms with van der Waals surface area (Å²) < 4.78 is 0. The molecule has 1 aliphatic heterocycles. The molecule has 1 heterocycles. The number of hydrogen-bond donors (Lipinski definition) is 9. The van der Waals surface area contributed by atoms with Crippen LogP contribution in [0.5, 0.6) is 5.75 Å². The van der Waals surface area contributed by atoms with Crippen molar-refractivity contribution >= 4 is 17.7 Å². The van der Waals surface area contributed by atoms with Crippen molar-refractivity contribution in [2.24, 2.45) is 0 Å². The normalized spacial score (nSPS) is 23.5. The molecule has 39 heavy (non-hydrogen) atoms. The van der Waals surface area contributed by atoms with Gasteiger partial charge in [0.25, 0.3) is 0 Å². The molecular formula is C28H39NO9S. The van der Waals surface area contributed by atoms with Crippen LogP contribution in [-0.4, -0.2) is 102 Å². The summed E-state index contributed by atoms with van der Waals surface area (Å²) in [5, 5.41) is 80.3. The van der Waals surface area contributed by atoms with Crippen molar-refractivity contribution in [3.8, 4) is 5.75 Å². The molecule has 216 valence electrons. The predicted octanol–water partition coefficient (Wildman–Crippen LogP) is -0.322. The highest BCUT2D eigenvalue weighted by Gasteiger charge is 2.44. The molecule has 1 amide bonds. The predicted molar refractivity (Wildman–Crippen MR) is 146 cm³/mol. The summed E-state index contributed by atoms with van der Waals surface area (Å²) in [4.78, 5) is 12.2. The van der Waals surface area contributed by atoms with E-state index in [1.807, 2.05) is 31.2 Å². The molecule has 0 bridgehead atoms. The largest absolute Gasteiger partial charge is 0.508 e. The summed E-state index contributed by atoms with van der Waals surface area (Å²) >= 11 is 1.12. The number of hydrogen-bond acceptors (Lipinski definition) is 10. The Morgan fingerprint density at radius 3 is 2.13 bits per heavy atom. The van der Waals surface area contributed by atoms with Crippen LogP contribution in [0.15, 0.2) is 36.4 Å². The van der Waals surface area contributed by atoms with Gasteiger partial charge in [-0.1, -0.05) is 30.3 Å². The number of phenolic OH excluding ortho intramolecular Hbond substituents is 1. The summed E-state index contributed by atoms with van der Waals surface area (Å²) in [6.45, 7) is -0.204. The lowest BCUT2D eigenvalue weighted by Crippen LogP contribution is -2.57. The van der Waals surface area contributed by atoms with Crippen LogP contribution >= 0.6 is 11.8 Å². The number of benzene rings is 2. The Morgan fingerprint density at radius 1 is 0.923 bits per heavy atom. The number of rotatable bonds is 12. The van der Waals surface area contributed by atoms with Gasteiger partial charge >= 0.3 is 0 Å². The van der Waals surface area contributed by atoms with Crippen LogP contribution in [0.3, 0.4) is 0 Å². The number of carbonyl (C=O) groups excluding carboxylic acids is 1. The number of thioether (sulfide) groups is 1. The lowest BCUT2D eigenvalue weighted by Gasteiger charge is -2.40. The van der Waals surface area contributed by atoms with Gasteiger partial charge in [0.1, 0.15) is 17.4 Å². The van der Waals surface area contributed by atoms with Crippen molar-refractivity contribution in [2.45, 2.75) is 67.0 Å². The van der Waals surface area contributed by atoms with Crippen LogP contribution in [0.1, 0.15) is 45.9 Å². The number of aromatic hydroxyl groups is 1. The average Bonchev–Trinajstić information content (AvgIpc) is 2.93. The van der Waals surface area contributed by atoms with Gasteiger partial charge < -0.3 is 46.2 Å². The minimum atomic E-state index is -1.45. The van der Waals surface area contributed by atoms with Crippen molar-refractivity contribution < 1.29 is 45.6 Å². The van der Waals surface area contributed by atoms with Crippen LogP contribution in [0.25, 0.3) is 0 Å². The summed E-state index contributed by atoms with van der Waals surface area (Å²) in [6, 6.07) is 11.3. The number of amides is 1. The van der Waals surface area contributed by atoms with Gasteiger partial charge in [-0.25, -0.2) is 0 Å². The maximum Gasteiger partial charge on any atom is 0.220 e. The molecule has 10 nitrogen and oxygen atoms in total. The van der Waals surface area contributed by atoms with Gasteiger partial charge in [0.15, 0.2) is 0 Å². The van der Waals surface area contributed by atoms with Gasteiger partial charge in [-0.3, -0.25) is 4.79 Å². The van der Waals surface area contributed by atoms with E-state index < -0.39 is 54.2 Å². The number of aryl methyl sites for hydroxylation is 2. The molecule has 2 aromatic rings. The third-order valence-electron chi connectivity index (χ3n) is 7.28. The Hall–Kier alpha value is -2.22. The highest BCUT2D eigenvalue weighted by Crippen LogP contribution is 2.46. The number of phenols is 1. The molecule has 0 aliphatic carbocycles. The van der Waals surface area contributed by atoms with Crippen LogP contribution < -0.4 is 5.32 Å². The van der Waals surface area contributed by atoms with E-state index in [1.165, 1.54) is 0 Å². The quantitative estimate of drug-likeness (QED) is 0.165. The molecule has 0 saturated carbocycles. The maximum absolute atomic E-state index is 12.2. The van der Waals surface area contributed by atoms with E-state index in [0.717, 1.165) is 34.0 Å². The molecule has 1 fully saturated rings. The van der Waals surface area contributed by atoms with Crippen LogP contribution in [0.4, 0.5) is 0 Å². The number of carbonyl (C=O) groups is 1. The SMILES string of the molecule is Cc1cc(O)c([C@@H]2S[C@H](CO)[C@@H](O)[C@H](O)[C@H]2O)cc1Cc1ccc(CCCC(=O)NC(CO)(CO)CO)cc1. The first-order chi connectivity index (χ1) is 18.6. The van der Waals surface area contributed by atoms with E-state index in [9.17, 15) is 45.6 Å². The van der Waals surface area contributed by atoms with Crippen molar-refractivity contribution in [1.29, 1.82) is 0 Å². The topological polar surface area (TPSA) is 191 Å². The molecule has 0 aromatic heterocycles. The Morgan fingerprint density at radius 2 is 1.54 bits per heavy atom. The monoisotopic (exact) mass is 565 g/mol. The highest BCUT2D eigenvalue weighted by atomic mass is 32.2. The van der Waals surface area contributed by atoms with E-state index in [-0.39, 0.29) is 24.7 Å². The lowest BCUT2D eigenvalue weighted by molar-refractivity contribution is -0.125. The van der Waals surface area contributed by atoms with Crippen molar-refractivity contribution in [2.75, 3.05) is 26.4 Å². The fourth-order valence-corrected chi connectivity index (χ4v) is 6.10. The molecule has 0 unspecified atom stereocenters. The minimum Gasteiger partial charge on any atom is -0.508 e. The Balaban J connectivity index is 1.64. The summed E-state index contributed by atoms with van der Waals surface area (Å²) in [5.74, 6) is -0.391.